The Hall–Kier alpha value is -1.77. The van der Waals surface area contributed by atoms with Crippen molar-refractivity contribution in [3.63, 3.8) is 0 Å². The number of aromatic hydroxyl groups is 1. The molecule has 1 aromatic carbocycles. The zero-order valence-electron chi connectivity index (χ0n) is 10.3. The number of benzene rings is 1. The summed E-state index contributed by atoms with van der Waals surface area (Å²) in [6.07, 6.45) is 0.419. The van der Waals surface area contributed by atoms with Crippen LogP contribution in [0.3, 0.4) is 0 Å². The molecule has 1 N–H and O–H groups in total. The lowest BCUT2D eigenvalue weighted by atomic mass is 10.0. The molecular formula is C14H16O3. The first-order valence-corrected chi connectivity index (χ1v) is 5.82. The number of hydrogen-bond acceptors (Lipinski definition) is 3. The van der Waals surface area contributed by atoms with Gasteiger partial charge in [-0.2, -0.15) is 0 Å². The van der Waals surface area contributed by atoms with Gasteiger partial charge in [-0.15, -0.1) is 0 Å². The first kappa shape index (κ1) is 11.7. The number of Topliss-reactive ketones (excluding diaryl/α,β-unsaturated/α-hetero) is 1. The third kappa shape index (κ3) is 2.05. The highest BCUT2D eigenvalue weighted by Crippen LogP contribution is 2.32. The van der Waals surface area contributed by atoms with E-state index < -0.39 is 0 Å². The van der Waals surface area contributed by atoms with Crippen molar-refractivity contribution in [1.29, 1.82) is 0 Å². The summed E-state index contributed by atoms with van der Waals surface area (Å²) in [7, 11) is 0. The van der Waals surface area contributed by atoms with Crippen LogP contribution < -0.4 is 0 Å². The molecule has 17 heavy (non-hydrogen) atoms. The van der Waals surface area contributed by atoms with Gasteiger partial charge in [0.25, 0.3) is 0 Å². The zero-order valence-corrected chi connectivity index (χ0v) is 10.3. The van der Waals surface area contributed by atoms with E-state index >= 15 is 0 Å². The Balaban J connectivity index is 2.58. The Kier molecular flexibility index (Phi) is 2.92. The van der Waals surface area contributed by atoms with E-state index in [-0.39, 0.29) is 17.5 Å². The van der Waals surface area contributed by atoms with Crippen LogP contribution in [0.4, 0.5) is 0 Å². The summed E-state index contributed by atoms with van der Waals surface area (Å²) in [5.41, 5.74) is 1.49. The molecule has 3 heteroatoms. The van der Waals surface area contributed by atoms with Crippen LogP contribution in [0.5, 0.6) is 5.75 Å². The average Bonchev–Trinajstić information content (AvgIpc) is 2.69. The molecule has 1 aromatic heterocycles. The number of phenols is 1. The molecule has 0 fully saturated rings. The van der Waals surface area contributed by atoms with Crippen LogP contribution in [-0.4, -0.2) is 10.9 Å². The highest BCUT2D eigenvalue weighted by atomic mass is 16.3. The lowest BCUT2D eigenvalue weighted by molar-refractivity contribution is 0.0963. The molecule has 0 spiro atoms. The Labute approximate surface area is 100 Å². The molecule has 2 aromatic rings. The van der Waals surface area contributed by atoms with Crippen molar-refractivity contribution in [2.45, 2.75) is 33.1 Å². The number of fused-ring (bicyclic) bond motifs is 1. The largest absolute Gasteiger partial charge is 0.508 e. The highest BCUT2D eigenvalue weighted by Gasteiger charge is 2.14. The maximum Gasteiger partial charge on any atom is 0.197 e. The van der Waals surface area contributed by atoms with Gasteiger partial charge >= 0.3 is 0 Å². The minimum Gasteiger partial charge on any atom is -0.508 e. The van der Waals surface area contributed by atoms with Crippen molar-refractivity contribution >= 4 is 16.8 Å². The van der Waals surface area contributed by atoms with Crippen LogP contribution in [0.25, 0.3) is 11.0 Å². The predicted molar refractivity (Wildman–Crippen MR) is 66.6 cm³/mol. The fourth-order valence-electron chi connectivity index (χ4n) is 1.86. The second-order valence-electron chi connectivity index (χ2n) is 4.49. The molecule has 1 heterocycles. The second-order valence-corrected chi connectivity index (χ2v) is 4.49. The number of phenolic OH excluding ortho intramolecular Hbond substituents is 1. The number of rotatable bonds is 3. The molecule has 0 radical (unpaired) electrons. The van der Waals surface area contributed by atoms with E-state index in [2.05, 4.69) is 0 Å². The summed E-state index contributed by atoms with van der Waals surface area (Å²) < 4.78 is 5.51. The first-order chi connectivity index (χ1) is 8.02. The molecule has 0 bridgehead atoms. The minimum absolute atomic E-state index is 0.0215. The smallest absolute Gasteiger partial charge is 0.197 e. The molecule has 0 aliphatic carbocycles. The second kappa shape index (κ2) is 4.24. The summed E-state index contributed by atoms with van der Waals surface area (Å²) >= 11 is 0. The van der Waals surface area contributed by atoms with Gasteiger partial charge in [-0.1, -0.05) is 20.8 Å². The van der Waals surface area contributed by atoms with Crippen LogP contribution in [-0.2, 0) is 0 Å². The standard InChI is InChI=1S/C14H16O3/c1-4-11(15)14-6-9-5-12(16)10(8(2)3)7-13(9)17-14/h5-8,16H,4H2,1-3H3. The van der Waals surface area contributed by atoms with Crippen molar-refractivity contribution in [3.05, 3.63) is 29.5 Å². The SMILES string of the molecule is CCC(=O)c1cc2cc(O)c(C(C)C)cc2o1. The van der Waals surface area contributed by atoms with Gasteiger partial charge in [-0.25, -0.2) is 0 Å². The van der Waals surface area contributed by atoms with Gasteiger partial charge in [-0.05, 0) is 24.1 Å². The molecule has 0 saturated carbocycles. The van der Waals surface area contributed by atoms with Crippen molar-refractivity contribution in [2.75, 3.05) is 0 Å². The van der Waals surface area contributed by atoms with Gasteiger partial charge in [0.2, 0.25) is 0 Å². The average molecular weight is 232 g/mol. The number of hydrogen-bond donors (Lipinski definition) is 1. The summed E-state index contributed by atoms with van der Waals surface area (Å²) in [5.74, 6) is 0.813. The van der Waals surface area contributed by atoms with Gasteiger partial charge in [0.15, 0.2) is 11.5 Å². The normalized spacial score (nSPS) is 11.3. The fourth-order valence-corrected chi connectivity index (χ4v) is 1.86. The first-order valence-electron chi connectivity index (χ1n) is 5.82. The molecule has 0 atom stereocenters. The lowest BCUT2D eigenvalue weighted by Crippen LogP contribution is -1.92. The molecule has 0 aliphatic heterocycles. The molecule has 3 nitrogen and oxygen atoms in total. The quantitative estimate of drug-likeness (QED) is 0.817. The van der Waals surface area contributed by atoms with E-state index in [9.17, 15) is 9.90 Å². The van der Waals surface area contributed by atoms with E-state index in [1.54, 1.807) is 19.1 Å². The molecule has 0 aliphatic rings. The topological polar surface area (TPSA) is 50.4 Å². The maximum atomic E-state index is 11.5. The van der Waals surface area contributed by atoms with Crippen LogP contribution in [0.2, 0.25) is 0 Å². The summed E-state index contributed by atoms with van der Waals surface area (Å²) in [5, 5.41) is 10.6. The van der Waals surface area contributed by atoms with Crippen molar-refractivity contribution in [3.8, 4) is 5.75 Å². The summed E-state index contributed by atoms with van der Waals surface area (Å²) in [6.45, 7) is 5.80. The van der Waals surface area contributed by atoms with Crippen LogP contribution >= 0.6 is 0 Å². The minimum atomic E-state index is -0.0215. The van der Waals surface area contributed by atoms with Crippen LogP contribution in [0.15, 0.2) is 22.6 Å². The Morgan fingerprint density at radius 3 is 2.65 bits per heavy atom. The number of ketones is 1. The molecule has 0 saturated heterocycles. The fraction of sp³-hybridized carbons (Fsp3) is 0.357. The third-order valence-electron chi connectivity index (χ3n) is 2.88. The zero-order chi connectivity index (χ0) is 12.6. The number of carbonyl (C=O) groups is 1. The van der Waals surface area contributed by atoms with E-state index in [4.69, 9.17) is 4.42 Å². The van der Waals surface area contributed by atoms with Crippen molar-refractivity contribution < 1.29 is 14.3 Å². The molecule has 0 amide bonds. The molecular weight excluding hydrogens is 216 g/mol. The van der Waals surface area contributed by atoms with E-state index in [1.165, 1.54) is 0 Å². The summed E-state index contributed by atoms with van der Waals surface area (Å²) in [6, 6.07) is 5.15. The maximum absolute atomic E-state index is 11.5. The van der Waals surface area contributed by atoms with E-state index in [1.807, 2.05) is 19.9 Å². The van der Waals surface area contributed by atoms with Gasteiger partial charge in [0.1, 0.15) is 11.3 Å². The number of carbonyl (C=O) groups excluding carboxylic acids is 1. The summed E-state index contributed by atoms with van der Waals surface area (Å²) in [4.78, 5) is 11.5. The third-order valence-corrected chi connectivity index (χ3v) is 2.88. The Bertz CT molecular complexity index is 564. The lowest BCUT2D eigenvalue weighted by Gasteiger charge is -2.07. The van der Waals surface area contributed by atoms with Gasteiger partial charge in [0, 0.05) is 17.4 Å². The van der Waals surface area contributed by atoms with E-state index in [0.29, 0.717) is 17.8 Å². The van der Waals surface area contributed by atoms with Crippen molar-refractivity contribution in [2.24, 2.45) is 0 Å². The molecule has 2 rings (SSSR count). The predicted octanol–water partition coefficient (Wildman–Crippen LogP) is 3.85. The Morgan fingerprint density at radius 2 is 2.06 bits per heavy atom. The highest BCUT2D eigenvalue weighted by molar-refractivity contribution is 5.97. The monoisotopic (exact) mass is 232 g/mol. The number of furan rings is 1. The van der Waals surface area contributed by atoms with Gasteiger partial charge in [-0.3, -0.25) is 4.79 Å². The van der Waals surface area contributed by atoms with E-state index in [0.717, 1.165) is 10.9 Å². The van der Waals surface area contributed by atoms with Crippen LogP contribution in [0, 0.1) is 0 Å². The van der Waals surface area contributed by atoms with Gasteiger partial charge < -0.3 is 9.52 Å². The molecule has 90 valence electrons. The molecule has 0 unspecified atom stereocenters. The van der Waals surface area contributed by atoms with Crippen molar-refractivity contribution in [1.82, 2.24) is 0 Å². The van der Waals surface area contributed by atoms with Crippen LogP contribution in [0.1, 0.15) is 49.2 Å². The Morgan fingerprint density at radius 1 is 1.35 bits per heavy atom. The van der Waals surface area contributed by atoms with Gasteiger partial charge in [0.05, 0.1) is 0 Å².